The van der Waals surface area contributed by atoms with E-state index in [1.54, 1.807) is 4.68 Å². The van der Waals surface area contributed by atoms with E-state index in [4.69, 9.17) is 0 Å². The van der Waals surface area contributed by atoms with E-state index in [2.05, 4.69) is 52.9 Å². The van der Waals surface area contributed by atoms with Gasteiger partial charge in [0.25, 0.3) is 0 Å². The average molecular weight is 237 g/mol. The molecular formula is C15H15N3. The number of fused-ring (bicyclic) bond motifs is 1. The highest BCUT2D eigenvalue weighted by atomic mass is 15.3. The Morgan fingerprint density at radius 1 is 1.11 bits per heavy atom. The molecule has 0 fully saturated rings. The van der Waals surface area contributed by atoms with Gasteiger partial charge in [0.2, 0.25) is 0 Å². The number of nitrogens with zero attached hydrogens (tertiary/aromatic N) is 2. The molecule has 18 heavy (non-hydrogen) atoms. The summed E-state index contributed by atoms with van der Waals surface area (Å²) in [6.45, 7) is 0.816. The predicted molar refractivity (Wildman–Crippen MR) is 74.5 cm³/mol. The first-order valence-electron chi connectivity index (χ1n) is 6.01. The first kappa shape index (κ1) is 10.8. The van der Waals surface area contributed by atoms with Gasteiger partial charge in [0.15, 0.2) is 0 Å². The summed E-state index contributed by atoms with van der Waals surface area (Å²) in [5.74, 6) is 0. The zero-order valence-electron chi connectivity index (χ0n) is 10.3. The molecule has 3 heteroatoms. The van der Waals surface area contributed by atoms with Crippen molar-refractivity contribution in [1.82, 2.24) is 9.78 Å². The molecule has 0 spiro atoms. The number of hydrogen-bond acceptors (Lipinski definition) is 2. The molecule has 0 atom stereocenters. The van der Waals surface area contributed by atoms with Crippen molar-refractivity contribution in [2.24, 2.45) is 7.05 Å². The van der Waals surface area contributed by atoms with Crippen molar-refractivity contribution in [2.75, 3.05) is 5.32 Å². The van der Waals surface area contributed by atoms with Crippen molar-refractivity contribution in [3.05, 3.63) is 60.4 Å². The highest BCUT2D eigenvalue weighted by Crippen LogP contribution is 2.16. The van der Waals surface area contributed by atoms with Gasteiger partial charge in [0, 0.05) is 19.8 Å². The van der Waals surface area contributed by atoms with E-state index >= 15 is 0 Å². The van der Waals surface area contributed by atoms with Gasteiger partial charge in [-0.2, -0.15) is 5.10 Å². The maximum absolute atomic E-state index is 4.13. The molecule has 3 nitrogen and oxygen atoms in total. The van der Waals surface area contributed by atoms with Crippen LogP contribution in [0.3, 0.4) is 0 Å². The average Bonchev–Trinajstić information content (AvgIpc) is 2.82. The minimum Gasteiger partial charge on any atom is -0.378 e. The second-order valence-corrected chi connectivity index (χ2v) is 4.44. The molecule has 0 bridgehead atoms. The van der Waals surface area contributed by atoms with Gasteiger partial charge in [-0.25, -0.2) is 0 Å². The Kier molecular flexibility index (Phi) is 2.73. The Hall–Kier alpha value is -2.29. The minimum absolute atomic E-state index is 0.816. The molecule has 1 aromatic heterocycles. The Labute approximate surface area is 106 Å². The summed E-state index contributed by atoms with van der Waals surface area (Å²) in [5.41, 5.74) is 2.32. The highest BCUT2D eigenvalue weighted by Gasteiger charge is 1.98. The SMILES string of the molecule is Cn1cc(NCc2ccc3ccccc3c2)cn1. The molecule has 1 heterocycles. The van der Waals surface area contributed by atoms with Crippen LogP contribution < -0.4 is 5.32 Å². The van der Waals surface area contributed by atoms with Gasteiger partial charge >= 0.3 is 0 Å². The molecule has 1 N–H and O–H groups in total. The van der Waals surface area contributed by atoms with Crippen molar-refractivity contribution in [1.29, 1.82) is 0 Å². The number of anilines is 1. The lowest BCUT2D eigenvalue weighted by Gasteiger charge is -2.05. The molecule has 0 saturated carbocycles. The maximum Gasteiger partial charge on any atom is 0.0729 e. The third-order valence-electron chi connectivity index (χ3n) is 3.02. The summed E-state index contributed by atoms with van der Waals surface area (Å²) >= 11 is 0. The molecule has 0 aliphatic rings. The fraction of sp³-hybridized carbons (Fsp3) is 0.133. The molecule has 90 valence electrons. The van der Waals surface area contributed by atoms with Crippen LogP contribution in [0.4, 0.5) is 5.69 Å². The monoisotopic (exact) mass is 237 g/mol. The molecule has 0 saturated heterocycles. The van der Waals surface area contributed by atoms with Crippen LogP contribution >= 0.6 is 0 Å². The van der Waals surface area contributed by atoms with Crippen molar-refractivity contribution in [3.63, 3.8) is 0 Å². The van der Waals surface area contributed by atoms with E-state index < -0.39 is 0 Å². The smallest absolute Gasteiger partial charge is 0.0729 e. The fourth-order valence-corrected chi connectivity index (χ4v) is 2.07. The van der Waals surface area contributed by atoms with Crippen molar-refractivity contribution < 1.29 is 0 Å². The van der Waals surface area contributed by atoms with Crippen molar-refractivity contribution in [2.45, 2.75) is 6.54 Å². The van der Waals surface area contributed by atoms with Crippen LogP contribution in [-0.4, -0.2) is 9.78 Å². The molecule has 0 aliphatic heterocycles. The van der Waals surface area contributed by atoms with Crippen LogP contribution in [0.25, 0.3) is 10.8 Å². The Bertz CT molecular complexity index is 670. The van der Waals surface area contributed by atoms with Crippen LogP contribution in [0.1, 0.15) is 5.56 Å². The largest absolute Gasteiger partial charge is 0.378 e. The summed E-state index contributed by atoms with van der Waals surface area (Å²) in [5, 5.41) is 10.1. The lowest BCUT2D eigenvalue weighted by molar-refractivity contribution is 0.768. The van der Waals surface area contributed by atoms with Crippen LogP contribution in [0.2, 0.25) is 0 Å². The number of hydrogen-bond donors (Lipinski definition) is 1. The van der Waals surface area contributed by atoms with Gasteiger partial charge in [-0.05, 0) is 22.4 Å². The molecule has 0 unspecified atom stereocenters. The lowest BCUT2D eigenvalue weighted by atomic mass is 10.1. The summed E-state index contributed by atoms with van der Waals surface area (Å²) in [6, 6.07) is 15.0. The number of aryl methyl sites for hydroxylation is 1. The molecule has 0 aliphatic carbocycles. The van der Waals surface area contributed by atoms with Crippen molar-refractivity contribution >= 4 is 16.5 Å². The third kappa shape index (κ3) is 2.20. The van der Waals surface area contributed by atoms with Gasteiger partial charge < -0.3 is 5.32 Å². The Morgan fingerprint density at radius 2 is 1.94 bits per heavy atom. The lowest BCUT2D eigenvalue weighted by Crippen LogP contribution is -1.98. The van der Waals surface area contributed by atoms with E-state index in [9.17, 15) is 0 Å². The number of nitrogens with one attached hydrogen (secondary N) is 1. The van der Waals surface area contributed by atoms with E-state index in [1.165, 1.54) is 16.3 Å². The third-order valence-corrected chi connectivity index (χ3v) is 3.02. The molecule has 2 aromatic carbocycles. The van der Waals surface area contributed by atoms with E-state index in [0.717, 1.165) is 12.2 Å². The summed E-state index contributed by atoms with van der Waals surface area (Å²) in [6.07, 6.45) is 3.81. The van der Waals surface area contributed by atoms with E-state index in [-0.39, 0.29) is 0 Å². The zero-order chi connectivity index (χ0) is 12.4. The fourth-order valence-electron chi connectivity index (χ4n) is 2.07. The predicted octanol–water partition coefficient (Wildman–Crippen LogP) is 3.19. The van der Waals surface area contributed by atoms with Gasteiger partial charge in [-0.15, -0.1) is 0 Å². The zero-order valence-corrected chi connectivity index (χ0v) is 10.3. The normalized spacial score (nSPS) is 10.7. The van der Waals surface area contributed by atoms with Gasteiger partial charge in [0.1, 0.15) is 0 Å². The molecular weight excluding hydrogens is 222 g/mol. The number of rotatable bonds is 3. The van der Waals surface area contributed by atoms with Gasteiger partial charge in [-0.3, -0.25) is 4.68 Å². The van der Waals surface area contributed by atoms with Crippen LogP contribution in [-0.2, 0) is 13.6 Å². The van der Waals surface area contributed by atoms with Crippen LogP contribution in [0.15, 0.2) is 54.9 Å². The topological polar surface area (TPSA) is 29.9 Å². The van der Waals surface area contributed by atoms with Gasteiger partial charge in [-0.1, -0.05) is 36.4 Å². The van der Waals surface area contributed by atoms with E-state index in [1.807, 2.05) is 19.4 Å². The molecule has 3 aromatic rings. The minimum atomic E-state index is 0.816. The number of aromatic nitrogens is 2. The highest BCUT2D eigenvalue weighted by molar-refractivity contribution is 5.83. The number of benzene rings is 2. The van der Waals surface area contributed by atoms with Gasteiger partial charge in [0.05, 0.1) is 11.9 Å². The van der Waals surface area contributed by atoms with Crippen LogP contribution in [0, 0.1) is 0 Å². The molecule has 3 rings (SSSR count). The van der Waals surface area contributed by atoms with Crippen molar-refractivity contribution in [3.8, 4) is 0 Å². The first-order valence-corrected chi connectivity index (χ1v) is 6.01. The summed E-state index contributed by atoms with van der Waals surface area (Å²) in [4.78, 5) is 0. The second kappa shape index (κ2) is 4.53. The first-order chi connectivity index (χ1) is 8.81. The molecule has 0 radical (unpaired) electrons. The van der Waals surface area contributed by atoms with E-state index in [0.29, 0.717) is 0 Å². The quantitative estimate of drug-likeness (QED) is 0.758. The second-order valence-electron chi connectivity index (χ2n) is 4.44. The Morgan fingerprint density at radius 3 is 2.72 bits per heavy atom. The van der Waals surface area contributed by atoms with Crippen LogP contribution in [0.5, 0.6) is 0 Å². The maximum atomic E-state index is 4.13. The standard InChI is InChI=1S/C15H15N3/c1-18-11-15(10-17-18)16-9-12-6-7-13-4-2-3-5-14(13)8-12/h2-8,10-11,16H,9H2,1H3. The molecule has 0 amide bonds. The summed E-state index contributed by atoms with van der Waals surface area (Å²) < 4.78 is 1.79. The Balaban J connectivity index is 1.78. The summed E-state index contributed by atoms with van der Waals surface area (Å²) in [7, 11) is 1.92.